The van der Waals surface area contributed by atoms with Crippen molar-refractivity contribution in [2.45, 2.75) is 44.6 Å². The average molecular weight is 347 g/mol. The molecule has 6 heteroatoms. The molecule has 136 valence electrons. The molecule has 1 amide bonds. The summed E-state index contributed by atoms with van der Waals surface area (Å²) in [6.07, 6.45) is 4.95. The molecule has 1 aromatic rings. The second-order valence-electron chi connectivity index (χ2n) is 6.98. The van der Waals surface area contributed by atoms with Crippen LogP contribution in [0.15, 0.2) is 18.2 Å². The van der Waals surface area contributed by atoms with Gasteiger partial charge in [0.15, 0.2) is 0 Å². The van der Waals surface area contributed by atoms with Gasteiger partial charge in [-0.15, -0.1) is 0 Å². The maximum absolute atomic E-state index is 12.7. The van der Waals surface area contributed by atoms with E-state index in [9.17, 15) is 9.59 Å². The minimum absolute atomic E-state index is 0.0153. The summed E-state index contributed by atoms with van der Waals surface area (Å²) in [6.45, 7) is 0.622. The number of ether oxygens (including phenoxy) is 2. The second-order valence-corrected chi connectivity index (χ2v) is 6.98. The number of carboxylic acids is 1. The number of carbonyl (C=O) groups is 2. The van der Waals surface area contributed by atoms with Gasteiger partial charge >= 0.3 is 5.97 Å². The maximum Gasteiger partial charge on any atom is 0.306 e. The molecule has 2 N–H and O–H groups in total. The Labute approximate surface area is 147 Å². The molecule has 1 aromatic carbocycles. The van der Waals surface area contributed by atoms with E-state index in [1.807, 2.05) is 0 Å². The van der Waals surface area contributed by atoms with Gasteiger partial charge in [0.2, 0.25) is 0 Å². The molecule has 3 rings (SSSR count). The Balaban J connectivity index is 1.63. The van der Waals surface area contributed by atoms with Gasteiger partial charge < -0.3 is 19.9 Å². The molecule has 0 radical (unpaired) electrons. The predicted octanol–water partition coefficient (Wildman–Crippen LogP) is 2.86. The third-order valence-electron chi connectivity index (χ3n) is 5.02. The number of benzene rings is 1. The molecule has 0 unspecified atom stereocenters. The maximum atomic E-state index is 12.7. The SMILES string of the molecule is COc1ccc(C(=O)NC2CCC(C(=O)O)CC2)c(OCC2CC2)c1. The fraction of sp³-hybridized carbons (Fsp3) is 0.579. The molecule has 2 fully saturated rings. The number of carbonyl (C=O) groups excluding carboxylic acids is 1. The second kappa shape index (κ2) is 7.76. The Morgan fingerprint density at radius 2 is 1.88 bits per heavy atom. The van der Waals surface area contributed by atoms with Crippen LogP contribution in [0.1, 0.15) is 48.9 Å². The van der Waals surface area contributed by atoms with Gasteiger partial charge in [-0.3, -0.25) is 9.59 Å². The Hall–Kier alpha value is -2.24. The van der Waals surface area contributed by atoms with Crippen molar-refractivity contribution in [2.75, 3.05) is 13.7 Å². The highest BCUT2D eigenvalue weighted by atomic mass is 16.5. The lowest BCUT2D eigenvalue weighted by Crippen LogP contribution is -2.38. The first-order valence-corrected chi connectivity index (χ1v) is 8.91. The molecule has 0 atom stereocenters. The fourth-order valence-corrected chi connectivity index (χ4v) is 3.18. The number of hydrogen-bond acceptors (Lipinski definition) is 4. The van der Waals surface area contributed by atoms with Crippen LogP contribution in [0.2, 0.25) is 0 Å². The van der Waals surface area contributed by atoms with Crippen molar-refractivity contribution in [3.63, 3.8) is 0 Å². The Morgan fingerprint density at radius 1 is 1.16 bits per heavy atom. The number of aliphatic carboxylic acids is 1. The van der Waals surface area contributed by atoms with E-state index < -0.39 is 5.97 Å². The number of amides is 1. The molecule has 2 aliphatic carbocycles. The zero-order chi connectivity index (χ0) is 17.8. The van der Waals surface area contributed by atoms with Crippen LogP contribution in [0.5, 0.6) is 11.5 Å². The van der Waals surface area contributed by atoms with E-state index in [-0.39, 0.29) is 17.9 Å². The molecule has 6 nitrogen and oxygen atoms in total. The third-order valence-corrected chi connectivity index (χ3v) is 5.02. The van der Waals surface area contributed by atoms with Crippen LogP contribution < -0.4 is 14.8 Å². The molecule has 0 heterocycles. The number of nitrogens with one attached hydrogen (secondary N) is 1. The summed E-state index contributed by atoms with van der Waals surface area (Å²) in [7, 11) is 1.58. The minimum atomic E-state index is -0.740. The van der Waals surface area contributed by atoms with Crippen molar-refractivity contribution in [2.24, 2.45) is 11.8 Å². The zero-order valence-corrected chi connectivity index (χ0v) is 14.5. The minimum Gasteiger partial charge on any atom is -0.497 e. The highest BCUT2D eigenvalue weighted by molar-refractivity contribution is 5.97. The summed E-state index contributed by atoms with van der Waals surface area (Å²) >= 11 is 0. The summed E-state index contributed by atoms with van der Waals surface area (Å²) < 4.78 is 11.1. The van der Waals surface area contributed by atoms with E-state index >= 15 is 0 Å². The summed E-state index contributed by atoms with van der Waals surface area (Å²) in [5, 5.41) is 12.1. The van der Waals surface area contributed by atoms with Crippen molar-refractivity contribution in [3.05, 3.63) is 23.8 Å². The van der Waals surface area contributed by atoms with E-state index in [2.05, 4.69) is 5.32 Å². The molecule has 2 aliphatic rings. The monoisotopic (exact) mass is 347 g/mol. The number of methoxy groups -OCH3 is 1. The molecule has 0 aliphatic heterocycles. The summed E-state index contributed by atoms with van der Waals surface area (Å²) in [5.74, 6) is 0.593. The standard InChI is InChI=1S/C19H25NO5/c1-24-15-8-9-16(17(10-15)25-11-12-2-3-12)18(21)20-14-6-4-13(5-7-14)19(22)23/h8-10,12-14H,2-7,11H2,1H3,(H,20,21)(H,22,23). The first-order chi connectivity index (χ1) is 12.1. The predicted molar refractivity (Wildman–Crippen MR) is 92.1 cm³/mol. The molecule has 0 aromatic heterocycles. The number of carboxylic acid groups (broad SMARTS) is 1. The van der Waals surface area contributed by atoms with Gasteiger partial charge in [-0.2, -0.15) is 0 Å². The summed E-state index contributed by atoms with van der Waals surface area (Å²) in [5.41, 5.74) is 0.502. The van der Waals surface area contributed by atoms with Gasteiger partial charge in [-0.25, -0.2) is 0 Å². The number of rotatable bonds is 7. The number of hydrogen-bond donors (Lipinski definition) is 2. The van der Waals surface area contributed by atoms with Crippen molar-refractivity contribution in [1.29, 1.82) is 0 Å². The first kappa shape index (κ1) is 17.6. The molecule has 25 heavy (non-hydrogen) atoms. The first-order valence-electron chi connectivity index (χ1n) is 8.91. The molecular formula is C19H25NO5. The van der Waals surface area contributed by atoms with Crippen LogP contribution in [0.3, 0.4) is 0 Å². The van der Waals surface area contributed by atoms with Gasteiger partial charge in [0.25, 0.3) is 5.91 Å². The molecule has 0 spiro atoms. The van der Waals surface area contributed by atoms with Crippen molar-refractivity contribution < 1.29 is 24.2 Å². The highest BCUT2D eigenvalue weighted by Gasteiger charge is 2.28. The van der Waals surface area contributed by atoms with Crippen LogP contribution in [-0.4, -0.2) is 36.7 Å². The van der Waals surface area contributed by atoms with Gasteiger partial charge in [0, 0.05) is 12.1 Å². The van der Waals surface area contributed by atoms with E-state index in [1.165, 1.54) is 12.8 Å². The van der Waals surface area contributed by atoms with Crippen LogP contribution in [0.25, 0.3) is 0 Å². The zero-order valence-electron chi connectivity index (χ0n) is 14.5. The van der Waals surface area contributed by atoms with Crippen LogP contribution in [-0.2, 0) is 4.79 Å². The third kappa shape index (κ3) is 4.65. The average Bonchev–Trinajstić information content (AvgIpc) is 3.44. The van der Waals surface area contributed by atoms with Crippen molar-refractivity contribution >= 4 is 11.9 Å². The summed E-state index contributed by atoms with van der Waals surface area (Å²) in [6, 6.07) is 5.24. The van der Waals surface area contributed by atoms with Gasteiger partial charge in [0.05, 0.1) is 25.2 Å². The fourth-order valence-electron chi connectivity index (χ4n) is 3.18. The topological polar surface area (TPSA) is 84.9 Å². The van der Waals surface area contributed by atoms with Gasteiger partial charge in [-0.1, -0.05) is 0 Å². The normalized spacial score (nSPS) is 22.9. The lowest BCUT2D eigenvalue weighted by molar-refractivity contribution is -0.142. The van der Waals surface area contributed by atoms with Crippen LogP contribution in [0, 0.1) is 11.8 Å². The highest BCUT2D eigenvalue weighted by Crippen LogP contribution is 2.32. The van der Waals surface area contributed by atoms with E-state index in [0.29, 0.717) is 55.3 Å². The van der Waals surface area contributed by atoms with E-state index in [4.69, 9.17) is 14.6 Å². The van der Waals surface area contributed by atoms with E-state index in [0.717, 1.165) is 0 Å². The molecular weight excluding hydrogens is 322 g/mol. The van der Waals surface area contributed by atoms with Crippen molar-refractivity contribution in [1.82, 2.24) is 5.32 Å². The van der Waals surface area contributed by atoms with Gasteiger partial charge in [-0.05, 0) is 56.6 Å². The van der Waals surface area contributed by atoms with Crippen LogP contribution >= 0.6 is 0 Å². The Kier molecular flexibility index (Phi) is 5.46. The lowest BCUT2D eigenvalue weighted by atomic mass is 9.86. The van der Waals surface area contributed by atoms with E-state index in [1.54, 1.807) is 25.3 Å². The smallest absolute Gasteiger partial charge is 0.306 e. The quantitative estimate of drug-likeness (QED) is 0.792. The lowest BCUT2D eigenvalue weighted by Gasteiger charge is -2.27. The summed E-state index contributed by atoms with van der Waals surface area (Å²) in [4.78, 5) is 23.7. The van der Waals surface area contributed by atoms with Crippen LogP contribution in [0.4, 0.5) is 0 Å². The molecule has 0 bridgehead atoms. The van der Waals surface area contributed by atoms with Crippen molar-refractivity contribution in [3.8, 4) is 11.5 Å². The molecule has 0 saturated heterocycles. The largest absolute Gasteiger partial charge is 0.497 e. The Morgan fingerprint density at radius 3 is 2.48 bits per heavy atom. The molecule has 2 saturated carbocycles. The Bertz CT molecular complexity index is 633. The van der Waals surface area contributed by atoms with Gasteiger partial charge in [0.1, 0.15) is 11.5 Å².